The van der Waals surface area contributed by atoms with Crippen LogP contribution in [-0.4, -0.2) is 32.2 Å². The summed E-state index contributed by atoms with van der Waals surface area (Å²) in [4.78, 5) is 11.9. The Bertz CT molecular complexity index is 909. The normalized spacial score (nSPS) is 20.8. The summed E-state index contributed by atoms with van der Waals surface area (Å²) in [6.07, 6.45) is -0.919. The molecule has 0 aliphatic heterocycles. The number of aliphatic hydroxyl groups excluding tert-OH is 1. The Morgan fingerprint density at radius 3 is 2.71 bits per heavy atom. The summed E-state index contributed by atoms with van der Waals surface area (Å²) in [6, 6.07) is 2.80. The molecule has 2 atom stereocenters. The van der Waals surface area contributed by atoms with Crippen LogP contribution in [0.2, 0.25) is 0 Å². The Hall–Kier alpha value is -2.93. The molecule has 0 spiro atoms. The predicted octanol–water partition coefficient (Wildman–Crippen LogP) is 2.95. The molecular formula is C18H19F3N6O. The molecule has 2 heterocycles. The number of aromatic nitrogens is 3. The summed E-state index contributed by atoms with van der Waals surface area (Å²) in [7, 11) is 0. The van der Waals surface area contributed by atoms with Gasteiger partial charge in [0.25, 0.3) is 0 Å². The van der Waals surface area contributed by atoms with Crippen molar-refractivity contribution in [1.29, 1.82) is 5.26 Å². The van der Waals surface area contributed by atoms with Gasteiger partial charge >= 0.3 is 6.18 Å². The first-order valence-corrected chi connectivity index (χ1v) is 8.58. The fourth-order valence-electron chi connectivity index (χ4n) is 2.99. The predicted molar refractivity (Wildman–Crippen MR) is 95.1 cm³/mol. The highest BCUT2D eigenvalue weighted by molar-refractivity contribution is 5.54. The molecule has 0 amide bonds. The third-order valence-electron chi connectivity index (χ3n) is 5.08. The van der Waals surface area contributed by atoms with Crippen molar-refractivity contribution in [3.8, 4) is 6.07 Å². The van der Waals surface area contributed by atoms with Gasteiger partial charge < -0.3 is 15.7 Å². The number of alkyl halides is 3. The molecule has 10 heteroatoms. The Morgan fingerprint density at radius 2 is 2.11 bits per heavy atom. The Morgan fingerprint density at radius 1 is 1.36 bits per heavy atom. The second-order valence-corrected chi connectivity index (χ2v) is 7.22. The third-order valence-corrected chi connectivity index (χ3v) is 5.08. The van der Waals surface area contributed by atoms with Gasteiger partial charge in [-0.3, -0.25) is 4.98 Å². The third kappa shape index (κ3) is 3.84. The van der Waals surface area contributed by atoms with E-state index in [4.69, 9.17) is 0 Å². The minimum atomic E-state index is -4.49. The van der Waals surface area contributed by atoms with Gasteiger partial charge in [0.05, 0.1) is 17.9 Å². The summed E-state index contributed by atoms with van der Waals surface area (Å²) in [5, 5.41) is 25.0. The fourth-order valence-corrected chi connectivity index (χ4v) is 2.99. The van der Waals surface area contributed by atoms with Crippen molar-refractivity contribution >= 4 is 11.8 Å². The highest BCUT2D eigenvalue weighted by atomic mass is 19.4. The van der Waals surface area contributed by atoms with Gasteiger partial charge in [-0.2, -0.15) is 23.4 Å². The number of hydrogen-bond acceptors (Lipinski definition) is 7. The number of nitrogens with one attached hydrogen (secondary N) is 2. The van der Waals surface area contributed by atoms with Crippen LogP contribution in [0.3, 0.4) is 0 Å². The molecule has 148 valence electrons. The van der Waals surface area contributed by atoms with Crippen molar-refractivity contribution in [3.05, 3.63) is 41.3 Å². The molecule has 0 radical (unpaired) electrons. The highest BCUT2D eigenvalue weighted by Gasteiger charge is 2.47. The van der Waals surface area contributed by atoms with Crippen molar-refractivity contribution in [3.63, 3.8) is 0 Å². The molecule has 1 saturated carbocycles. The maximum absolute atomic E-state index is 13.1. The largest absolute Gasteiger partial charge is 0.416 e. The first kappa shape index (κ1) is 19.8. The van der Waals surface area contributed by atoms with E-state index >= 15 is 0 Å². The number of hydrogen-bond donors (Lipinski definition) is 3. The summed E-state index contributed by atoms with van der Waals surface area (Å²) in [5.41, 5.74) is -1.00. The van der Waals surface area contributed by atoms with Crippen LogP contribution in [0.5, 0.6) is 0 Å². The average Bonchev–Trinajstić information content (AvgIpc) is 2.65. The zero-order chi connectivity index (χ0) is 20.5. The first-order valence-electron chi connectivity index (χ1n) is 8.58. The molecule has 2 aromatic rings. The lowest BCUT2D eigenvalue weighted by Gasteiger charge is -2.49. The van der Waals surface area contributed by atoms with Gasteiger partial charge in [0.2, 0.25) is 5.95 Å². The quantitative estimate of drug-likeness (QED) is 0.718. The summed E-state index contributed by atoms with van der Waals surface area (Å²) >= 11 is 0. The number of halogens is 3. The summed E-state index contributed by atoms with van der Waals surface area (Å²) in [5.74, 6) is 0.350. The lowest BCUT2D eigenvalue weighted by atomic mass is 9.64. The van der Waals surface area contributed by atoms with Gasteiger partial charge in [-0.15, -0.1) is 0 Å². The van der Waals surface area contributed by atoms with Crippen LogP contribution in [0.4, 0.5) is 24.9 Å². The first-order chi connectivity index (χ1) is 13.1. The lowest BCUT2D eigenvalue weighted by Crippen LogP contribution is -2.57. The van der Waals surface area contributed by atoms with Crippen molar-refractivity contribution in [2.24, 2.45) is 5.41 Å². The Balaban J connectivity index is 1.77. The number of rotatable bonds is 5. The van der Waals surface area contributed by atoms with Gasteiger partial charge in [-0.05, 0) is 12.5 Å². The maximum Gasteiger partial charge on any atom is 0.416 e. The summed E-state index contributed by atoms with van der Waals surface area (Å²) < 4.78 is 39.2. The lowest BCUT2D eigenvalue weighted by molar-refractivity contribution is -0.138. The van der Waals surface area contributed by atoms with Crippen LogP contribution in [0, 0.1) is 16.7 Å². The molecular weight excluding hydrogens is 373 g/mol. The number of aliphatic hydroxyl groups is 1. The molecule has 7 nitrogen and oxygen atoms in total. The smallest absolute Gasteiger partial charge is 0.392 e. The van der Waals surface area contributed by atoms with E-state index in [1.165, 1.54) is 6.20 Å². The van der Waals surface area contributed by atoms with E-state index < -0.39 is 17.8 Å². The van der Waals surface area contributed by atoms with E-state index in [0.29, 0.717) is 6.42 Å². The topological polar surface area (TPSA) is 107 Å². The van der Waals surface area contributed by atoms with Gasteiger partial charge in [-0.1, -0.05) is 13.8 Å². The molecule has 1 aliphatic carbocycles. The van der Waals surface area contributed by atoms with E-state index in [1.54, 1.807) is 0 Å². The monoisotopic (exact) mass is 392 g/mol. The molecule has 1 unspecified atom stereocenters. The van der Waals surface area contributed by atoms with Gasteiger partial charge in [0.1, 0.15) is 17.5 Å². The minimum absolute atomic E-state index is 0.0410. The number of anilines is 2. The molecule has 0 saturated heterocycles. The van der Waals surface area contributed by atoms with Crippen LogP contribution in [0.1, 0.15) is 37.0 Å². The average molecular weight is 392 g/mol. The van der Waals surface area contributed by atoms with Crippen LogP contribution >= 0.6 is 0 Å². The zero-order valence-electron chi connectivity index (χ0n) is 15.2. The summed E-state index contributed by atoms with van der Waals surface area (Å²) in [6.45, 7) is 3.61. The second-order valence-electron chi connectivity index (χ2n) is 7.22. The van der Waals surface area contributed by atoms with Crippen molar-refractivity contribution < 1.29 is 18.3 Å². The van der Waals surface area contributed by atoms with Crippen molar-refractivity contribution in [2.45, 2.75) is 45.1 Å². The maximum atomic E-state index is 13.1. The van der Waals surface area contributed by atoms with E-state index in [-0.39, 0.29) is 40.9 Å². The zero-order valence-corrected chi connectivity index (χ0v) is 15.2. The molecule has 28 heavy (non-hydrogen) atoms. The number of nitriles is 1. The van der Waals surface area contributed by atoms with Gasteiger partial charge in [0.15, 0.2) is 0 Å². The molecule has 3 rings (SSSR count). The fraction of sp³-hybridized carbons (Fsp3) is 0.444. The van der Waals surface area contributed by atoms with E-state index in [1.807, 2.05) is 19.9 Å². The molecule has 0 aromatic carbocycles. The van der Waals surface area contributed by atoms with Gasteiger partial charge in [0, 0.05) is 36.0 Å². The molecule has 3 N–H and O–H groups in total. The minimum Gasteiger partial charge on any atom is -0.392 e. The van der Waals surface area contributed by atoms with Crippen molar-refractivity contribution in [1.82, 2.24) is 15.0 Å². The number of pyridine rings is 1. The van der Waals surface area contributed by atoms with Crippen LogP contribution in [0.25, 0.3) is 0 Å². The van der Waals surface area contributed by atoms with E-state index in [9.17, 15) is 23.5 Å². The van der Waals surface area contributed by atoms with Crippen LogP contribution in [0.15, 0.2) is 24.7 Å². The van der Waals surface area contributed by atoms with Crippen LogP contribution < -0.4 is 10.6 Å². The molecule has 1 aliphatic rings. The van der Waals surface area contributed by atoms with E-state index in [2.05, 4.69) is 25.6 Å². The standard InChI is InChI=1S/C18H19F3N6O/c1-17(2)13(5-14(17)28)26-15-10(6-22)8-24-16(27-15)25-9-11-7-23-4-3-12(11)18(19,20)21/h3-4,7-8,13-14,28H,5,9H2,1-2H3,(H2,24,25,26,27)/t13-,14?/m1/s1. The Labute approximate surface area is 159 Å². The second kappa shape index (κ2) is 7.24. The molecule has 0 bridgehead atoms. The molecule has 2 aromatic heterocycles. The van der Waals surface area contributed by atoms with Crippen LogP contribution in [-0.2, 0) is 12.7 Å². The van der Waals surface area contributed by atoms with Crippen molar-refractivity contribution in [2.75, 3.05) is 10.6 Å². The molecule has 1 fully saturated rings. The highest BCUT2D eigenvalue weighted by Crippen LogP contribution is 2.42. The SMILES string of the molecule is CC1(C)C(O)C[C@H]1Nc1nc(NCc2cnccc2C(F)(F)F)ncc1C#N. The number of nitrogens with zero attached hydrogens (tertiary/aromatic N) is 4. The van der Waals surface area contributed by atoms with E-state index in [0.717, 1.165) is 18.5 Å². The Kier molecular flexibility index (Phi) is 5.12. The van der Waals surface area contributed by atoms with Gasteiger partial charge in [-0.25, -0.2) is 4.98 Å².